The first-order valence-electron chi connectivity index (χ1n) is 10.1. The van der Waals surface area contributed by atoms with Crippen molar-refractivity contribution in [2.24, 2.45) is 0 Å². The maximum Gasteiger partial charge on any atom is 0.339 e. The fourth-order valence-electron chi connectivity index (χ4n) is 3.24. The molecular weight excluding hydrogens is 392 g/mol. The Morgan fingerprint density at radius 3 is 2.55 bits per heavy atom. The molecule has 156 valence electrons. The van der Waals surface area contributed by atoms with E-state index in [1.165, 1.54) is 5.56 Å². The molecule has 0 radical (unpaired) electrons. The van der Waals surface area contributed by atoms with Crippen LogP contribution in [0.5, 0.6) is 0 Å². The van der Waals surface area contributed by atoms with Crippen LogP contribution < -0.4 is 5.32 Å². The number of ether oxygens (including phenoxy) is 1. The molecule has 1 atom stereocenters. The lowest BCUT2D eigenvalue weighted by atomic mass is 10.1. The Hall–Kier alpha value is -3.93. The predicted molar refractivity (Wildman–Crippen MR) is 119 cm³/mol. The third kappa shape index (κ3) is 4.48. The SMILES string of the molecule is CCc1ccc(NC(=O)[C@@H](C)OC(=O)c2cc(-c3ccco3)nc3ccccc23)cc1. The van der Waals surface area contributed by atoms with Gasteiger partial charge < -0.3 is 14.5 Å². The maximum absolute atomic E-state index is 13.0. The molecule has 0 saturated carbocycles. The second-order valence-corrected chi connectivity index (χ2v) is 7.14. The second kappa shape index (κ2) is 8.83. The molecule has 1 N–H and O–H groups in total. The number of nitrogens with zero attached hydrogens (tertiary/aromatic N) is 1. The number of nitrogens with one attached hydrogen (secondary N) is 1. The lowest BCUT2D eigenvalue weighted by molar-refractivity contribution is -0.123. The number of aromatic nitrogens is 1. The first-order valence-corrected chi connectivity index (χ1v) is 10.1. The molecule has 0 fully saturated rings. The van der Waals surface area contributed by atoms with Gasteiger partial charge in [0.15, 0.2) is 11.9 Å². The monoisotopic (exact) mass is 414 g/mol. The fourth-order valence-corrected chi connectivity index (χ4v) is 3.24. The Bertz CT molecular complexity index is 1210. The molecule has 0 saturated heterocycles. The van der Waals surface area contributed by atoms with Crippen LogP contribution in [0.4, 0.5) is 5.69 Å². The van der Waals surface area contributed by atoms with Crippen LogP contribution in [0.15, 0.2) is 77.4 Å². The van der Waals surface area contributed by atoms with E-state index in [1.807, 2.05) is 42.5 Å². The van der Waals surface area contributed by atoms with Gasteiger partial charge >= 0.3 is 5.97 Å². The van der Waals surface area contributed by atoms with E-state index in [-0.39, 0.29) is 0 Å². The smallest absolute Gasteiger partial charge is 0.339 e. The number of amides is 1. The van der Waals surface area contributed by atoms with Crippen LogP contribution in [-0.2, 0) is 16.0 Å². The Kier molecular flexibility index (Phi) is 5.80. The van der Waals surface area contributed by atoms with Crippen LogP contribution in [-0.4, -0.2) is 23.0 Å². The highest BCUT2D eigenvalue weighted by molar-refractivity contribution is 6.05. The summed E-state index contributed by atoms with van der Waals surface area (Å²) in [6.45, 7) is 3.61. The van der Waals surface area contributed by atoms with Crippen LogP contribution in [0.25, 0.3) is 22.4 Å². The molecule has 0 aliphatic heterocycles. The molecule has 0 spiro atoms. The van der Waals surface area contributed by atoms with Crippen molar-refractivity contribution >= 4 is 28.5 Å². The summed E-state index contributed by atoms with van der Waals surface area (Å²) in [5.41, 5.74) is 3.30. The summed E-state index contributed by atoms with van der Waals surface area (Å²) in [7, 11) is 0. The molecule has 6 heteroatoms. The summed E-state index contributed by atoms with van der Waals surface area (Å²) in [5.74, 6) is -0.460. The Morgan fingerprint density at radius 2 is 1.84 bits per heavy atom. The Labute approximate surface area is 179 Å². The highest BCUT2D eigenvalue weighted by atomic mass is 16.5. The topological polar surface area (TPSA) is 81.4 Å². The molecule has 1 amide bonds. The number of carbonyl (C=O) groups is 2. The minimum Gasteiger partial charge on any atom is -0.463 e. The van der Waals surface area contributed by atoms with E-state index in [4.69, 9.17) is 9.15 Å². The van der Waals surface area contributed by atoms with Gasteiger partial charge in [-0.25, -0.2) is 9.78 Å². The number of rotatable bonds is 6. The zero-order valence-corrected chi connectivity index (χ0v) is 17.3. The van der Waals surface area contributed by atoms with Crippen molar-refractivity contribution in [2.75, 3.05) is 5.32 Å². The molecule has 31 heavy (non-hydrogen) atoms. The Morgan fingerprint density at radius 1 is 1.06 bits per heavy atom. The van der Waals surface area contributed by atoms with Gasteiger partial charge in [0.2, 0.25) is 0 Å². The third-order valence-electron chi connectivity index (χ3n) is 4.99. The molecular formula is C25H22N2O4. The zero-order valence-electron chi connectivity index (χ0n) is 17.3. The van der Waals surface area contributed by atoms with Gasteiger partial charge in [0.1, 0.15) is 5.69 Å². The number of furan rings is 1. The van der Waals surface area contributed by atoms with E-state index in [0.29, 0.717) is 33.6 Å². The van der Waals surface area contributed by atoms with Gasteiger partial charge in [-0.1, -0.05) is 37.3 Å². The first kappa shape index (κ1) is 20.3. The van der Waals surface area contributed by atoms with Gasteiger partial charge in [0, 0.05) is 11.1 Å². The molecule has 0 bridgehead atoms. The standard InChI is InChI=1S/C25H22N2O4/c1-3-17-10-12-18(13-11-17)26-24(28)16(2)31-25(29)20-15-22(23-9-6-14-30-23)27-21-8-5-4-7-19(20)21/h4-16H,3H2,1-2H3,(H,26,28)/t16-/m1/s1. The number of aryl methyl sites for hydroxylation is 1. The average Bonchev–Trinajstić information content (AvgIpc) is 3.33. The number of hydrogen-bond acceptors (Lipinski definition) is 5. The van der Waals surface area contributed by atoms with Crippen LogP contribution in [0.2, 0.25) is 0 Å². The summed E-state index contributed by atoms with van der Waals surface area (Å²) in [6, 6.07) is 20.0. The van der Waals surface area contributed by atoms with E-state index < -0.39 is 18.0 Å². The van der Waals surface area contributed by atoms with Crippen LogP contribution in [0.1, 0.15) is 29.8 Å². The highest BCUT2D eigenvalue weighted by Gasteiger charge is 2.22. The molecule has 6 nitrogen and oxygen atoms in total. The molecule has 2 heterocycles. The molecule has 0 unspecified atom stereocenters. The van der Waals surface area contributed by atoms with Gasteiger partial charge in [0.05, 0.1) is 17.3 Å². The van der Waals surface area contributed by atoms with E-state index in [2.05, 4.69) is 17.2 Å². The first-order chi connectivity index (χ1) is 15.0. The van der Waals surface area contributed by atoms with Crippen molar-refractivity contribution in [1.82, 2.24) is 4.98 Å². The highest BCUT2D eigenvalue weighted by Crippen LogP contribution is 2.26. The van der Waals surface area contributed by atoms with E-state index in [0.717, 1.165) is 6.42 Å². The lowest BCUT2D eigenvalue weighted by Gasteiger charge is -2.15. The third-order valence-corrected chi connectivity index (χ3v) is 4.99. The lowest BCUT2D eigenvalue weighted by Crippen LogP contribution is -2.30. The summed E-state index contributed by atoms with van der Waals surface area (Å²) in [6.07, 6.45) is 1.49. The number of carbonyl (C=O) groups excluding carboxylic acids is 2. The number of benzene rings is 2. The number of pyridine rings is 1. The fraction of sp³-hybridized carbons (Fsp3) is 0.160. The van der Waals surface area contributed by atoms with Crippen molar-refractivity contribution in [1.29, 1.82) is 0 Å². The van der Waals surface area contributed by atoms with Crippen LogP contribution >= 0.6 is 0 Å². The predicted octanol–water partition coefficient (Wildman–Crippen LogP) is 5.24. The number of hydrogen-bond donors (Lipinski definition) is 1. The minimum absolute atomic E-state index is 0.323. The molecule has 0 aliphatic carbocycles. The molecule has 2 aromatic carbocycles. The largest absolute Gasteiger partial charge is 0.463 e. The minimum atomic E-state index is -0.975. The number of fused-ring (bicyclic) bond motifs is 1. The van der Waals surface area contributed by atoms with Gasteiger partial charge in [-0.05, 0) is 55.3 Å². The average molecular weight is 414 g/mol. The normalized spacial score (nSPS) is 11.8. The zero-order chi connectivity index (χ0) is 21.8. The van der Waals surface area contributed by atoms with Gasteiger partial charge in [0.25, 0.3) is 5.91 Å². The molecule has 4 aromatic rings. The van der Waals surface area contributed by atoms with Gasteiger partial charge in [-0.2, -0.15) is 0 Å². The molecule has 0 aliphatic rings. The summed E-state index contributed by atoms with van der Waals surface area (Å²) in [5, 5.41) is 3.42. The second-order valence-electron chi connectivity index (χ2n) is 7.14. The van der Waals surface area contributed by atoms with Crippen molar-refractivity contribution in [3.05, 3.63) is 84.1 Å². The van der Waals surface area contributed by atoms with Crippen LogP contribution in [0, 0.1) is 0 Å². The number of anilines is 1. The number of para-hydroxylation sites is 1. The quantitative estimate of drug-likeness (QED) is 0.436. The summed E-state index contributed by atoms with van der Waals surface area (Å²) >= 11 is 0. The number of esters is 1. The van der Waals surface area contributed by atoms with E-state index in [1.54, 1.807) is 37.5 Å². The van der Waals surface area contributed by atoms with Crippen molar-refractivity contribution in [2.45, 2.75) is 26.4 Å². The van der Waals surface area contributed by atoms with Gasteiger partial charge in [-0.15, -0.1) is 0 Å². The van der Waals surface area contributed by atoms with E-state index >= 15 is 0 Å². The molecule has 2 aromatic heterocycles. The molecule has 4 rings (SSSR count). The summed E-state index contributed by atoms with van der Waals surface area (Å²) < 4.78 is 10.9. The van der Waals surface area contributed by atoms with E-state index in [9.17, 15) is 9.59 Å². The van der Waals surface area contributed by atoms with Crippen LogP contribution in [0.3, 0.4) is 0 Å². The Balaban J connectivity index is 1.55. The van der Waals surface area contributed by atoms with Crippen molar-refractivity contribution < 1.29 is 18.7 Å². The maximum atomic E-state index is 13.0. The summed E-state index contributed by atoms with van der Waals surface area (Å²) in [4.78, 5) is 30.1. The van der Waals surface area contributed by atoms with Crippen molar-refractivity contribution in [3.8, 4) is 11.5 Å². The van der Waals surface area contributed by atoms with Crippen molar-refractivity contribution in [3.63, 3.8) is 0 Å². The van der Waals surface area contributed by atoms with Gasteiger partial charge in [-0.3, -0.25) is 4.79 Å².